The molecule has 2 aromatic rings. The van der Waals surface area contributed by atoms with Crippen molar-refractivity contribution in [1.29, 1.82) is 0 Å². The molecule has 0 bridgehead atoms. The molecule has 0 unspecified atom stereocenters. The van der Waals surface area contributed by atoms with Crippen LogP contribution in [0.1, 0.15) is 11.1 Å². The van der Waals surface area contributed by atoms with E-state index in [2.05, 4.69) is 6.07 Å². The van der Waals surface area contributed by atoms with Gasteiger partial charge in [0.1, 0.15) is 5.82 Å². The first kappa shape index (κ1) is 14.1. The highest BCUT2D eigenvalue weighted by molar-refractivity contribution is 7.98. The summed E-state index contributed by atoms with van der Waals surface area (Å²) >= 11 is 1.59. The first-order chi connectivity index (χ1) is 9.04. The fourth-order valence-corrected chi connectivity index (χ4v) is 2.72. The summed E-state index contributed by atoms with van der Waals surface area (Å²) in [5.41, 5.74) is 2.09. The zero-order valence-electron chi connectivity index (χ0n) is 10.5. The van der Waals surface area contributed by atoms with Crippen molar-refractivity contribution in [2.45, 2.75) is 17.6 Å². The van der Waals surface area contributed by atoms with Crippen LogP contribution in [0.25, 0.3) is 0 Å². The van der Waals surface area contributed by atoms with E-state index in [0.29, 0.717) is 5.75 Å². The number of benzene rings is 2. The molecule has 0 aromatic heterocycles. The lowest BCUT2D eigenvalue weighted by Gasteiger charge is -2.06. The van der Waals surface area contributed by atoms with Crippen molar-refractivity contribution < 1.29 is 14.4 Å². The van der Waals surface area contributed by atoms with Gasteiger partial charge in [-0.2, -0.15) is 0 Å². The molecule has 19 heavy (non-hydrogen) atoms. The molecule has 0 amide bonds. The lowest BCUT2D eigenvalue weighted by atomic mass is 9.79. The van der Waals surface area contributed by atoms with Gasteiger partial charge in [0.05, 0.1) is 0 Å². The first-order valence-electron chi connectivity index (χ1n) is 5.89. The predicted molar refractivity (Wildman–Crippen MR) is 77.0 cm³/mol. The highest BCUT2D eigenvalue weighted by Crippen LogP contribution is 2.23. The van der Waals surface area contributed by atoms with Gasteiger partial charge in [-0.05, 0) is 42.2 Å². The summed E-state index contributed by atoms with van der Waals surface area (Å²) in [4.78, 5) is 1.11. The molecule has 98 valence electrons. The van der Waals surface area contributed by atoms with Crippen LogP contribution in [0.4, 0.5) is 4.39 Å². The number of rotatable bonds is 4. The quantitative estimate of drug-likeness (QED) is 0.663. The van der Waals surface area contributed by atoms with Gasteiger partial charge in [0.15, 0.2) is 0 Å². The zero-order valence-corrected chi connectivity index (χ0v) is 11.3. The lowest BCUT2D eigenvalue weighted by molar-refractivity contribution is 0.425. The van der Waals surface area contributed by atoms with Crippen LogP contribution >= 0.6 is 11.8 Å². The van der Waals surface area contributed by atoms with Gasteiger partial charge < -0.3 is 10.0 Å². The van der Waals surface area contributed by atoms with Crippen LogP contribution in [-0.2, 0) is 5.75 Å². The van der Waals surface area contributed by atoms with Gasteiger partial charge in [0, 0.05) is 10.6 Å². The van der Waals surface area contributed by atoms with E-state index in [9.17, 15) is 4.39 Å². The molecule has 2 N–H and O–H groups in total. The second-order valence-corrected chi connectivity index (χ2v) is 5.42. The number of hydrogen-bond acceptors (Lipinski definition) is 3. The second kappa shape index (κ2) is 6.24. The van der Waals surface area contributed by atoms with Crippen molar-refractivity contribution in [2.75, 3.05) is 0 Å². The Morgan fingerprint density at radius 1 is 1.16 bits per heavy atom. The number of aryl methyl sites for hydroxylation is 1. The fraction of sp³-hybridized carbons (Fsp3) is 0.143. The van der Waals surface area contributed by atoms with Gasteiger partial charge >= 0.3 is 7.12 Å². The summed E-state index contributed by atoms with van der Waals surface area (Å²) in [6.07, 6.45) is 0. The van der Waals surface area contributed by atoms with Gasteiger partial charge in [-0.1, -0.05) is 23.8 Å². The SMILES string of the molecule is Cc1cccc(SCc2cc(F)cc(B(O)O)c2)c1. The molecule has 0 aliphatic carbocycles. The third kappa shape index (κ3) is 4.09. The van der Waals surface area contributed by atoms with E-state index in [1.807, 2.05) is 25.1 Å². The molecule has 2 rings (SSSR count). The summed E-state index contributed by atoms with van der Waals surface area (Å²) in [7, 11) is -1.64. The highest BCUT2D eigenvalue weighted by Gasteiger charge is 2.13. The Kier molecular flexibility index (Phi) is 4.63. The molecular weight excluding hydrogens is 262 g/mol. The minimum absolute atomic E-state index is 0.180. The van der Waals surface area contributed by atoms with E-state index in [4.69, 9.17) is 10.0 Å². The van der Waals surface area contributed by atoms with Crippen LogP contribution < -0.4 is 5.46 Å². The molecule has 0 aliphatic heterocycles. The Hall–Kier alpha value is -1.30. The molecule has 0 aliphatic rings. The maximum atomic E-state index is 13.3. The van der Waals surface area contributed by atoms with Gasteiger partial charge in [-0.3, -0.25) is 0 Å². The number of thioether (sulfide) groups is 1. The van der Waals surface area contributed by atoms with Gasteiger partial charge in [0.2, 0.25) is 0 Å². The largest absolute Gasteiger partial charge is 0.488 e. The average molecular weight is 276 g/mol. The van der Waals surface area contributed by atoms with Crippen LogP contribution in [0.5, 0.6) is 0 Å². The smallest absolute Gasteiger partial charge is 0.423 e. The molecule has 0 atom stereocenters. The van der Waals surface area contributed by atoms with Crippen molar-refractivity contribution in [3.8, 4) is 0 Å². The summed E-state index contributed by atoms with van der Waals surface area (Å²) in [5, 5.41) is 18.2. The topological polar surface area (TPSA) is 40.5 Å². The van der Waals surface area contributed by atoms with E-state index in [1.54, 1.807) is 17.8 Å². The maximum absolute atomic E-state index is 13.3. The Balaban J connectivity index is 2.11. The fourth-order valence-electron chi connectivity index (χ4n) is 1.78. The van der Waals surface area contributed by atoms with Crippen molar-refractivity contribution in [2.24, 2.45) is 0 Å². The van der Waals surface area contributed by atoms with Gasteiger partial charge in [0.25, 0.3) is 0 Å². The van der Waals surface area contributed by atoms with E-state index in [-0.39, 0.29) is 5.46 Å². The summed E-state index contributed by atoms with van der Waals surface area (Å²) in [6, 6.07) is 12.2. The van der Waals surface area contributed by atoms with Crippen LogP contribution in [0.15, 0.2) is 47.4 Å². The van der Waals surface area contributed by atoms with Gasteiger partial charge in [-0.25, -0.2) is 4.39 Å². The van der Waals surface area contributed by atoms with Crippen LogP contribution in [0.3, 0.4) is 0 Å². The average Bonchev–Trinajstić information content (AvgIpc) is 2.36. The van der Waals surface area contributed by atoms with Crippen molar-refractivity contribution >= 4 is 24.3 Å². The lowest BCUT2D eigenvalue weighted by Crippen LogP contribution is -2.30. The number of hydrogen-bond donors (Lipinski definition) is 2. The Bertz CT molecular complexity index is 575. The van der Waals surface area contributed by atoms with Crippen LogP contribution in [-0.4, -0.2) is 17.2 Å². The van der Waals surface area contributed by atoms with Crippen LogP contribution in [0, 0.1) is 12.7 Å². The molecule has 0 spiro atoms. The van der Waals surface area contributed by atoms with E-state index >= 15 is 0 Å². The molecule has 2 aromatic carbocycles. The molecule has 0 radical (unpaired) electrons. The highest BCUT2D eigenvalue weighted by atomic mass is 32.2. The molecule has 2 nitrogen and oxygen atoms in total. The normalized spacial score (nSPS) is 10.5. The first-order valence-corrected chi connectivity index (χ1v) is 6.88. The van der Waals surface area contributed by atoms with Crippen molar-refractivity contribution in [1.82, 2.24) is 0 Å². The minimum Gasteiger partial charge on any atom is -0.423 e. The Morgan fingerprint density at radius 3 is 2.63 bits per heavy atom. The Labute approximate surface area is 116 Å². The molecule has 0 heterocycles. The predicted octanol–water partition coefficient (Wildman–Crippen LogP) is 2.11. The van der Waals surface area contributed by atoms with Gasteiger partial charge in [-0.15, -0.1) is 11.8 Å². The Morgan fingerprint density at radius 2 is 1.95 bits per heavy atom. The molecule has 5 heteroatoms. The van der Waals surface area contributed by atoms with Crippen molar-refractivity contribution in [3.05, 3.63) is 59.4 Å². The third-order valence-electron chi connectivity index (χ3n) is 2.67. The summed E-state index contributed by atoms with van der Waals surface area (Å²) in [6.45, 7) is 2.02. The summed E-state index contributed by atoms with van der Waals surface area (Å²) < 4.78 is 13.3. The van der Waals surface area contributed by atoms with Crippen molar-refractivity contribution in [3.63, 3.8) is 0 Å². The van der Waals surface area contributed by atoms with E-state index < -0.39 is 12.9 Å². The maximum Gasteiger partial charge on any atom is 0.488 e. The molecule has 0 fully saturated rings. The minimum atomic E-state index is -1.64. The molecule has 0 saturated heterocycles. The van der Waals surface area contributed by atoms with Crippen LogP contribution in [0.2, 0.25) is 0 Å². The van der Waals surface area contributed by atoms with E-state index in [1.165, 1.54) is 11.6 Å². The monoisotopic (exact) mass is 276 g/mol. The molecule has 0 saturated carbocycles. The standard InChI is InChI=1S/C14H14BFO2S/c1-10-3-2-4-14(5-10)19-9-11-6-12(15(17)18)8-13(16)7-11/h2-8,17-18H,9H2,1H3. The summed E-state index contributed by atoms with van der Waals surface area (Å²) in [5.74, 6) is 0.131. The molecular formula is C14H14BFO2S. The zero-order chi connectivity index (χ0) is 13.8. The van der Waals surface area contributed by atoms with E-state index in [0.717, 1.165) is 16.5 Å². The number of halogens is 1. The third-order valence-corrected chi connectivity index (χ3v) is 3.74. The second-order valence-electron chi connectivity index (χ2n) is 4.37.